The molecule has 0 bridgehead atoms. The van der Waals surface area contributed by atoms with Gasteiger partial charge < -0.3 is 10.0 Å². The Kier molecular flexibility index (Phi) is 5.53. The second-order valence-electron chi connectivity index (χ2n) is 9.14. The second kappa shape index (κ2) is 8.53. The molecule has 1 aliphatic heterocycles. The van der Waals surface area contributed by atoms with Crippen molar-refractivity contribution < 1.29 is 9.90 Å². The minimum Gasteiger partial charge on any atom is -0.388 e. The van der Waals surface area contributed by atoms with E-state index < -0.39 is 5.60 Å². The molecule has 0 unspecified atom stereocenters. The molecule has 0 aliphatic carbocycles. The number of aryl methyl sites for hydroxylation is 2. The van der Waals surface area contributed by atoms with Crippen LogP contribution in [0.2, 0.25) is 0 Å². The Morgan fingerprint density at radius 3 is 2.56 bits per heavy atom. The van der Waals surface area contributed by atoms with Crippen LogP contribution in [0.4, 0.5) is 0 Å². The van der Waals surface area contributed by atoms with Gasteiger partial charge in [-0.1, -0.05) is 35.9 Å². The molecule has 1 amide bonds. The maximum atomic E-state index is 13.1. The van der Waals surface area contributed by atoms with Crippen molar-refractivity contribution in [3.05, 3.63) is 88.1 Å². The number of rotatable bonds is 4. The number of para-hydroxylation sites is 1. The number of aliphatic hydroxyl groups is 1. The van der Waals surface area contributed by atoms with Crippen LogP contribution in [0.25, 0.3) is 16.7 Å². The number of amides is 1. The fourth-order valence-corrected chi connectivity index (χ4v) is 4.56. The summed E-state index contributed by atoms with van der Waals surface area (Å²) in [4.78, 5) is 32.4. The summed E-state index contributed by atoms with van der Waals surface area (Å²) in [5, 5.41) is 16.0. The molecule has 1 aliphatic rings. The van der Waals surface area contributed by atoms with Crippen molar-refractivity contribution in [1.82, 2.24) is 24.2 Å². The summed E-state index contributed by atoms with van der Waals surface area (Å²) in [6.45, 7) is 4.88. The van der Waals surface area contributed by atoms with Crippen LogP contribution in [-0.2, 0) is 6.54 Å². The molecule has 0 atom stereocenters. The zero-order chi connectivity index (χ0) is 23.9. The van der Waals surface area contributed by atoms with Crippen molar-refractivity contribution in [1.29, 1.82) is 0 Å². The molecule has 5 rings (SSSR count). The molecule has 1 fully saturated rings. The minimum absolute atomic E-state index is 0.0168. The van der Waals surface area contributed by atoms with Crippen molar-refractivity contribution in [2.45, 2.75) is 38.8 Å². The molecule has 1 N–H and O–H groups in total. The van der Waals surface area contributed by atoms with E-state index in [1.54, 1.807) is 9.58 Å². The summed E-state index contributed by atoms with van der Waals surface area (Å²) in [7, 11) is 0. The van der Waals surface area contributed by atoms with Crippen molar-refractivity contribution in [3.63, 3.8) is 0 Å². The first-order chi connectivity index (χ1) is 16.3. The summed E-state index contributed by atoms with van der Waals surface area (Å²) in [5.74, 6) is -0.0168. The molecular weight excluding hydrogens is 430 g/mol. The number of nitrogens with zero attached hydrogens (tertiary/aromatic N) is 5. The quantitative estimate of drug-likeness (QED) is 0.509. The predicted molar refractivity (Wildman–Crippen MR) is 129 cm³/mol. The van der Waals surface area contributed by atoms with Crippen LogP contribution in [0, 0.1) is 13.8 Å². The first-order valence-electron chi connectivity index (χ1n) is 11.4. The van der Waals surface area contributed by atoms with Crippen molar-refractivity contribution >= 4 is 16.9 Å². The Hall–Kier alpha value is -3.78. The van der Waals surface area contributed by atoms with Gasteiger partial charge >= 0.3 is 0 Å². The zero-order valence-corrected chi connectivity index (χ0v) is 19.3. The molecule has 34 heavy (non-hydrogen) atoms. The SMILES string of the molecule is Cc1ccc(C)c(C(=O)N2CCC(O)(Cn3cnc4c(cnn4-c4ccccc4)c3=O)CC2)c1. The van der Waals surface area contributed by atoms with E-state index in [0.29, 0.717) is 42.5 Å². The first kappa shape index (κ1) is 22.0. The average Bonchev–Trinajstić information content (AvgIpc) is 3.28. The van der Waals surface area contributed by atoms with E-state index in [0.717, 1.165) is 16.8 Å². The van der Waals surface area contributed by atoms with Gasteiger partial charge in [-0.25, -0.2) is 9.67 Å². The number of benzene rings is 2. The predicted octanol–water partition coefficient (Wildman–Crippen LogP) is 2.87. The summed E-state index contributed by atoms with van der Waals surface area (Å²) in [6, 6.07) is 15.4. The fraction of sp³-hybridized carbons (Fsp3) is 0.308. The van der Waals surface area contributed by atoms with Gasteiger partial charge in [-0.3, -0.25) is 14.2 Å². The van der Waals surface area contributed by atoms with E-state index in [1.807, 2.05) is 62.4 Å². The summed E-state index contributed by atoms with van der Waals surface area (Å²) >= 11 is 0. The van der Waals surface area contributed by atoms with Crippen molar-refractivity contribution in [2.24, 2.45) is 0 Å². The highest BCUT2D eigenvalue weighted by molar-refractivity contribution is 5.96. The summed E-state index contributed by atoms with van der Waals surface area (Å²) < 4.78 is 3.08. The van der Waals surface area contributed by atoms with E-state index in [4.69, 9.17) is 0 Å². The highest BCUT2D eigenvalue weighted by atomic mass is 16.3. The van der Waals surface area contributed by atoms with Gasteiger partial charge in [-0.2, -0.15) is 5.10 Å². The van der Waals surface area contributed by atoms with Gasteiger partial charge in [0, 0.05) is 18.7 Å². The first-order valence-corrected chi connectivity index (χ1v) is 11.4. The largest absolute Gasteiger partial charge is 0.388 e. The van der Waals surface area contributed by atoms with E-state index in [2.05, 4.69) is 10.1 Å². The monoisotopic (exact) mass is 457 g/mol. The Morgan fingerprint density at radius 2 is 1.82 bits per heavy atom. The maximum Gasteiger partial charge on any atom is 0.264 e. The number of likely N-dealkylation sites (tertiary alicyclic amines) is 1. The minimum atomic E-state index is -1.09. The van der Waals surface area contributed by atoms with E-state index in [1.165, 1.54) is 17.1 Å². The van der Waals surface area contributed by atoms with E-state index in [9.17, 15) is 14.7 Å². The molecular formula is C26H27N5O3. The van der Waals surface area contributed by atoms with E-state index >= 15 is 0 Å². The number of hydrogen-bond donors (Lipinski definition) is 1. The van der Waals surface area contributed by atoms with Gasteiger partial charge in [0.25, 0.3) is 11.5 Å². The van der Waals surface area contributed by atoms with Crippen molar-refractivity contribution in [2.75, 3.05) is 13.1 Å². The van der Waals surface area contributed by atoms with Crippen LogP contribution in [0.5, 0.6) is 0 Å². The van der Waals surface area contributed by atoms with Gasteiger partial charge in [0.2, 0.25) is 0 Å². The molecule has 2 aromatic heterocycles. The normalized spacial score (nSPS) is 15.6. The third kappa shape index (κ3) is 4.01. The molecule has 0 radical (unpaired) electrons. The Bertz CT molecular complexity index is 1420. The molecule has 0 spiro atoms. The van der Waals surface area contributed by atoms with Gasteiger partial charge in [0.1, 0.15) is 11.7 Å². The topological polar surface area (TPSA) is 93.2 Å². The number of fused-ring (bicyclic) bond motifs is 1. The standard InChI is InChI=1S/C26H27N5O3/c1-18-8-9-19(2)21(14-18)24(32)29-12-10-26(34,11-13-29)16-30-17-27-23-22(25(30)33)15-28-31(23)20-6-4-3-5-7-20/h3-9,14-15,17,34H,10-13,16H2,1-2H3. The lowest BCUT2D eigenvalue weighted by Gasteiger charge is -2.38. The molecule has 1 saturated heterocycles. The summed E-state index contributed by atoms with van der Waals surface area (Å²) in [5.41, 5.74) is 2.66. The van der Waals surface area contributed by atoms with Crippen LogP contribution in [0.15, 0.2) is 65.8 Å². The highest BCUT2D eigenvalue weighted by Gasteiger charge is 2.35. The van der Waals surface area contributed by atoms with Gasteiger partial charge in [0.05, 0.1) is 24.0 Å². The van der Waals surface area contributed by atoms with Gasteiger partial charge in [-0.15, -0.1) is 0 Å². The van der Waals surface area contributed by atoms with Crippen LogP contribution in [0.1, 0.15) is 34.3 Å². The Balaban J connectivity index is 1.33. The Morgan fingerprint density at radius 1 is 1.09 bits per heavy atom. The second-order valence-corrected chi connectivity index (χ2v) is 9.14. The average molecular weight is 458 g/mol. The number of carbonyl (C=O) groups excluding carboxylic acids is 1. The van der Waals surface area contributed by atoms with Crippen LogP contribution in [0.3, 0.4) is 0 Å². The number of carbonyl (C=O) groups is 1. The third-order valence-corrected chi connectivity index (χ3v) is 6.62. The smallest absolute Gasteiger partial charge is 0.264 e. The number of aromatic nitrogens is 4. The van der Waals surface area contributed by atoms with Crippen LogP contribution < -0.4 is 5.56 Å². The highest BCUT2D eigenvalue weighted by Crippen LogP contribution is 2.26. The molecule has 2 aromatic carbocycles. The molecule has 0 saturated carbocycles. The van der Waals surface area contributed by atoms with Crippen LogP contribution in [-0.4, -0.2) is 53.9 Å². The van der Waals surface area contributed by atoms with Crippen molar-refractivity contribution in [3.8, 4) is 5.69 Å². The fourth-order valence-electron chi connectivity index (χ4n) is 4.56. The number of hydrogen-bond acceptors (Lipinski definition) is 5. The molecule has 174 valence electrons. The van der Waals surface area contributed by atoms with Gasteiger partial charge in [0.15, 0.2) is 5.65 Å². The summed E-state index contributed by atoms with van der Waals surface area (Å²) in [6.07, 6.45) is 3.76. The molecule has 3 heterocycles. The Labute approximate surface area is 197 Å². The molecule has 4 aromatic rings. The van der Waals surface area contributed by atoms with Gasteiger partial charge in [-0.05, 0) is 50.5 Å². The lowest BCUT2D eigenvalue weighted by molar-refractivity contribution is -0.0299. The lowest BCUT2D eigenvalue weighted by Crippen LogP contribution is -2.49. The lowest BCUT2D eigenvalue weighted by atomic mass is 9.90. The molecule has 8 nitrogen and oxygen atoms in total. The zero-order valence-electron chi connectivity index (χ0n) is 19.3. The number of piperidine rings is 1. The molecule has 8 heteroatoms. The van der Waals surface area contributed by atoms with E-state index in [-0.39, 0.29) is 18.0 Å². The maximum absolute atomic E-state index is 13.1. The third-order valence-electron chi connectivity index (χ3n) is 6.62. The van der Waals surface area contributed by atoms with Crippen LogP contribution >= 0.6 is 0 Å².